The third kappa shape index (κ3) is 3.57. The highest BCUT2D eigenvalue weighted by Crippen LogP contribution is 2.25. The zero-order valence-corrected chi connectivity index (χ0v) is 13.9. The molecule has 1 N–H and O–H groups in total. The number of benzene rings is 2. The van der Waals surface area contributed by atoms with Crippen molar-refractivity contribution in [1.82, 2.24) is 0 Å². The highest BCUT2D eigenvalue weighted by atomic mass is 79.9. The number of nitrogens with one attached hydrogen (secondary N) is 1. The first-order chi connectivity index (χ1) is 8.97. The van der Waals surface area contributed by atoms with E-state index in [9.17, 15) is 4.39 Å². The fourth-order valence-electron chi connectivity index (χ4n) is 1.85. The molecule has 0 spiro atoms. The van der Waals surface area contributed by atoms with E-state index in [-0.39, 0.29) is 5.82 Å². The predicted molar refractivity (Wildman–Crippen MR) is 85.0 cm³/mol. The van der Waals surface area contributed by atoms with Gasteiger partial charge in [0.05, 0.1) is 4.47 Å². The minimum atomic E-state index is -0.250. The Morgan fingerprint density at radius 3 is 2.42 bits per heavy atom. The fraction of sp³-hybridized carbons (Fsp3) is 0.200. The molecule has 2 rings (SSSR count). The third-order valence-corrected chi connectivity index (χ3v) is 4.47. The van der Waals surface area contributed by atoms with Gasteiger partial charge in [-0.15, -0.1) is 0 Å². The van der Waals surface area contributed by atoms with Crippen molar-refractivity contribution in [3.8, 4) is 0 Å². The van der Waals surface area contributed by atoms with Gasteiger partial charge < -0.3 is 5.32 Å². The summed E-state index contributed by atoms with van der Waals surface area (Å²) < 4.78 is 15.1. The molecule has 0 unspecified atom stereocenters. The molecule has 1 nitrogen and oxygen atoms in total. The van der Waals surface area contributed by atoms with Crippen molar-refractivity contribution >= 4 is 37.5 Å². The monoisotopic (exact) mass is 385 g/mol. The van der Waals surface area contributed by atoms with Crippen LogP contribution < -0.4 is 5.32 Å². The zero-order chi connectivity index (χ0) is 14.0. The molecule has 100 valence electrons. The Morgan fingerprint density at radius 2 is 1.74 bits per heavy atom. The Morgan fingerprint density at radius 1 is 1.00 bits per heavy atom. The topological polar surface area (TPSA) is 12.0 Å². The van der Waals surface area contributed by atoms with Crippen LogP contribution >= 0.6 is 31.9 Å². The van der Waals surface area contributed by atoms with Gasteiger partial charge in [-0.3, -0.25) is 0 Å². The molecule has 0 saturated carbocycles. The van der Waals surface area contributed by atoms with Gasteiger partial charge >= 0.3 is 0 Å². The summed E-state index contributed by atoms with van der Waals surface area (Å²) in [4.78, 5) is 0. The average molecular weight is 387 g/mol. The molecule has 0 radical (unpaired) electrons. The van der Waals surface area contributed by atoms with E-state index in [1.54, 1.807) is 6.07 Å². The Balaban J connectivity index is 2.14. The maximum Gasteiger partial charge on any atom is 0.139 e. The molecule has 2 aromatic carbocycles. The van der Waals surface area contributed by atoms with Crippen molar-refractivity contribution in [2.75, 3.05) is 5.32 Å². The van der Waals surface area contributed by atoms with Crippen LogP contribution in [-0.4, -0.2) is 0 Å². The third-order valence-electron chi connectivity index (χ3n) is 2.97. The summed E-state index contributed by atoms with van der Waals surface area (Å²) in [6.45, 7) is 4.69. The second-order valence-electron chi connectivity index (χ2n) is 4.52. The van der Waals surface area contributed by atoms with E-state index in [0.717, 1.165) is 15.7 Å². The smallest absolute Gasteiger partial charge is 0.139 e. The lowest BCUT2D eigenvalue weighted by atomic mass is 10.1. The molecule has 0 saturated heterocycles. The molecule has 0 heterocycles. The average Bonchev–Trinajstić information content (AvgIpc) is 2.36. The Hall–Kier alpha value is -0.870. The highest BCUT2D eigenvalue weighted by Gasteiger charge is 2.05. The van der Waals surface area contributed by atoms with Crippen LogP contribution in [0.2, 0.25) is 0 Å². The number of halogens is 3. The molecule has 0 bridgehead atoms. The van der Waals surface area contributed by atoms with E-state index < -0.39 is 0 Å². The normalized spacial score (nSPS) is 10.6. The van der Waals surface area contributed by atoms with Gasteiger partial charge in [0.2, 0.25) is 0 Å². The number of aryl methyl sites for hydroxylation is 2. The second kappa shape index (κ2) is 6.06. The van der Waals surface area contributed by atoms with Crippen LogP contribution in [-0.2, 0) is 6.54 Å². The number of hydrogen-bond donors (Lipinski definition) is 1. The standard InChI is InChI=1S/C15H14Br2FN/c1-9-5-11(3-4-12(9)16)8-19-15-7-14(18)13(17)6-10(15)2/h3-7,19H,8H2,1-2H3. The molecule has 0 aliphatic carbocycles. The highest BCUT2D eigenvalue weighted by molar-refractivity contribution is 9.10. The van der Waals surface area contributed by atoms with E-state index in [0.29, 0.717) is 11.0 Å². The van der Waals surface area contributed by atoms with E-state index in [1.165, 1.54) is 17.2 Å². The van der Waals surface area contributed by atoms with Crippen molar-refractivity contribution in [1.29, 1.82) is 0 Å². The summed E-state index contributed by atoms with van der Waals surface area (Å²) in [5.41, 5.74) is 4.20. The van der Waals surface area contributed by atoms with Crippen LogP contribution in [0.5, 0.6) is 0 Å². The van der Waals surface area contributed by atoms with Crippen LogP contribution in [0, 0.1) is 19.7 Å². The van der Waals surface area contributed by atoms with Gasteiger partial charge in [0.15, 0.2) is 0 Å². The van der Waals surface area contributed by atoms with Gasteiger partial charge in [0, 0.05) is 16.7 Å². The van der Waals surface area contributed by atoms with E-state index in [1.807, 2.05) is 13.0 Å². The van der Waals surface area contributed by atoms with Crippen LogP contribution in [0.3, 0.4) is 0 Å². The lowest BCUT2D eigenvalue weighted by molar-refractivity contribution is 0.621. The van der Waals surface area contributed by atoms with Gasteiger partial charge in [-0.1, -0.05) is 28.1 Å². The fourth-order valence-corrected chi connectivity index (χ4v) is 2.56. The van der Waals surface area contributed by atoms with E-state index in [4.69, 9.17) is 0 Å². The Bertz CT molecular complexity index is 611. The summed E-state index contributed by atoms with van der Waals surface area (Å²) in [6.07, 6.45) is 0. The molecular weight excluding hydrogens is 373 g/mol. The van der Waals surface area contributed by atoms with E-state index >= 15 is 0 Å². The lowest BCUT2D eigenvalue weighted by Gasteiger charge is -2.11. The number of hydrogen-bond acceptors (Lipinski definition) is 1. The van der Waals surface area contributed by atoms with Crippen molar-refractivity contribution < 1.29 is 4.39 Å². The summed E-state index contributed by atoms with van der Waals surface area (Å²) in [5, 5.41) is 3.27. The molecule has 0 aliphatic rings. The quantitative estimate of drug-likeness (QED) is 0.725. The lowest BCUT2D eigenvalue weighted by Crippen LogP contribution is -2.02. The maximum absolute atomic E-state index is 13.5. The minimum absolute atomic E-state index is 0.250. The molecule has 0 fully saturated rings. The number of anilines is 1. The van der Waals surface area contributed by atoms with Crippen molar-refractivity contribution in [2.45, 2.75) is 20.4 Å². The van der Waals surface area contributed by atoms with Gasteiger partial charge in [-0.25, -0.2) is 4.39 Å². The molecule has 0 amide bonds. The Kier molecular flexibility index (Phi) is 4.63. The van der Waals surface area contributed by atoms with Crippen molar-refractivity contribution in [2.24, 2.45) is 0 Å². The number of rotatable bonds is 3. The predicted octanol–water partition coefficient (Wildman–Crippen LogP) is 5.58. The maximum atomic E-state index is 13.5. The van der Waals surface area contributed by atoms with Gasteiger partial charge in [-0.05, 0) is 64.7 Å². The van der Waals surface area contributed by atoms with Crippen LogP contribution in [0.1, 0.15) is 16.7 Å². The Labute approximate surface area is 129 Å². The van der Waals surface area contributed by atoms with E-state index in [2.05, 4.69) is 56.2 Å². The second-order valence-corrected chi connectivity index (χ2v) is 6.23. The first kappa shape index (κ1) is 14.5. The van der Waals surface area contributed by atoms with Crippen molar-refractivity contribution in [3.63, 3.8) is 0 Å². The van der Waals surface area contributed by atoms with Gasteiger partial charge in [0.1, 0.15) is 5.82 Å². The SMILES string of the molecule is Cc1cc(CNc2cc(F)c(Br)cc2C)ccc1Br. The summed E-state index contributed by atoms with van der Waals surface area (Å²) in [5.74, 6) is -0.250. The van der Waals surface area contributed by atoms with Gasteiger partial charge in [0.25, 0.3) is 0 Å². The van der Waals surface area contributed by atoms with Crippen LogP contribution in [0.25, 0.3) is 0 Å². The summed E-state index contributed by atoms with van der Waals surface area (Å²) >= 11 is 6.66. The molecule has 0 aromatic heterocycles. The van der Waals surface area contributed by atoms with Crippen LogP contribution in [0.15, 0.2) is 39.3 Å². The first-order valence-electron chi connectivity index (χ1n) is 5.92. The van der Waals surface area contributed by atoms with Crippen LogP contribution in [0.4, 0.5) is 10.1 Å². The zero-order valence-electron chi connectivity index (χ0n) is 10.7. The summed E-state index contributed by atoms with van der Waals surface area (Å²) in [7, 11) is 0. The first-order valence-corrected chi connectivity index (χ1v) is 7.50. The molecule has 4 heteroatoms. The molecule has 0 aliphatic heterocycles. The largest absolute Gasteiger partial charge is 0.381 e. The molecular formula is C15H14Br2FN. The van der Waals surface area contributed by atoms with Gasteiger partial charge in [-0.2, -0.15) is 0 Å². The molecule has 19 heavy (non-hydrogen) atoms. The molecule has 0 atom stereocenters. The summed E-state index contributed by atoms with van der Waals surface area (Å²) in [6, 6.07) is 9.49. The minimum Gasteiger partial charge on any atom is -0.381 e. The molecule has 2 aromatic rings. The van der Waals surface area contributed by atoms with Crippen molar-refractivity contribution in [3.05, 3.63) is 61.8 Å².